The van der Waals surface area contributed by atoms with Crippen LogP contribution >= 0.6 is 0 Å². The molecule has 0 unspecified atom stereocenters. The van der Waals surface area contributed by atoms with Crippen LogP contribution in [0.1, 0.15) is 6.92 Å². The van der Waals surface area contributed by atoms with E-state index in [9.17, 15) is 13.2 Å². The number of allylic oxidation sites excluding steroid dienone is 3. The van der Waals surface area contributed by atoms with Crippen LogP contribution < -0.4 is 0 Å². The second-order valence-electron chi connectivity index (χ2n) is 2.33. The molecule has 0 aliphatic rings. The maximum absolute atomic E-state index is 12.1. The van der Waals surface area contributed by atoms with Gasteiger partial charge >= 0.3 is 6.18 Å². The topological polar surface area (TPSA) is 12.4 Å². The van der Waals surface area contributed by atoms with Gasteiger partial charge in [0.05, 0.1) is 5.57 Å². The molecule has 0 saturated heterocycles. The lowest BCUT2D eigenvalue weighted by Crippen LogP contribution is -2.13. The summed E-state index contributed by atoms with van der Waals surface area (Å²) in [4.78, 5) is 3.30. The fourth-order valence-electron chi connectivity index (χ4n) is 0.597. The zero-order valence-electron chi connectivity index (χ0n) is 6.94. The normalized spacial score (nSPS) is 13.9. The zero-order chi connectivity index (χ0) is 9.78. The third-order valence-corrected chi connectivity index (χ3v) is 0.997. The summed E-state index contributed by atoms with van der Waals surface area (Å²) in [7, 11) is 1.29. The molecule has 0 saturated carbocycles. The number of hydrogen-bond donors (Lipinski definition) is 0. The standard InChI is InChI=1S/C8H10F3N/c1-6(2)4-7(5-12-3)8(9,10)11/h4-5H,1H2,2-3H3. The molecule has 0 aliphatic heterocycles. The van der Waals surface area contributed by atoms with E-state index in [2.05, 4.69) is 11.6 Å². The van der Waals surface area contributed by atoms with Crippen LogP contribution in [0.15, 0.2) is 28.8 Å². The number of rotatable bonds is 2. The molecule has 0 spiro atoms. The van der Waals surface area contributed by atoms with Gasteiger partial charge in [0.15, 0.2) is 0 Å². The highest BCUT2D eigenvalue weighted by atomic mass is 19.4. The number of hydrogen-bond acceptors (Lipinski definition) is 1. The summed E-state index contributed by atoms with van der Waals surface area (Å²) in [6.07, 6.45) is -2.62. The van der Waals surface area contributed by atoms with Gasteiger partial charge in [-0.15, -0.1) is 0 Å². The maximum Gasteiger partial charge on any atom is 0.417 e. The molecule has 0 aliphatic carbocycles. The average molecular weight is 177 g/mol. The van der Waals surface area contributed by atoms with Gasteiger partial charge in [0.25, 0.3) is 0 Å². The van der Waals surface area contributed by atoms with Gasteiger partial charge in [-0.2, -0.15) is 13.2 Å². The number of halogens is 3. The SMILES string of the molecule is C=C(C)C=C(C=NC)C(F)(F)F. The first-order valence-electron chi connectivity index (χ1n) is 3.24. The van der Waals surface area contributed by atoms with E-state index >= 15 is 0 Å². The van der Waals surface area contributed by atoms with Crippen molar-refractivity contribution in [3.63, 3.8) is 0 Å². The zero-order valence-corrected chi connectivity index (χ0v) is 6.94. The molecule has 12 heavy (non-hydrogen) atoms. The average Bonchev–Trinajstić information content (AvgIpc) is 1.83. The van der Waals surface area contributed by atoms with E-state index < -0.39 is 11.7 Å². The van der Waals surface area contributed by atoms with E-state index in [1.807, 2.05) is 0 Å². The van der Waals surface area contributed by atoms with E-state index in [1.54, 1.807) is 0 Å². The summed E-state index contributed by atoms with van der Waals surface area (Å²) >= 11 is 0. The molecule has 0 aromatic carbocycles. The van der Waals surface area contributed by atoms with Gasteiger partial charge in [0.1, 0.15) is 0 Å². The van der Waals surface area contributed by atoms with E-state index in [0.717, 1.165) is 12.3 Å². The lowest BCUT2D eigenvalue weighted by molar-refractivity contribution is -0.0856. The van der Waals surface area contributed by atoms with Crippen LogP contribution in [0.5, 0.6) is 0 Å². The third-order valence-electron chi connectivity index (χ3n) is 0.997. The Bertz CT molecular complexity index is 223. The minimum absolute atomic E-state index is 0.349. The fourth-order valence-corrected chi connectivity index (χ4v) is 0.597. The lowest BCUT2D eigenvalue weighted by Gasteiger charge is -2.06. The quantitative estimate of drug-likeness (QED) is 0.454. The molecule has 0 radical (unpaired) electrons. The van der Waals surface area contributed by atoms with E-state index in [-0.39, 0.29) is 0 Å². The highest BCUT2D eigenvalue weighted by Gasteiger charge is 2.31. The van der Waals surface area contributed by atoms with Crippen LogP contribution in [0.4, 0.5) is 13.2 Å². The lowest BCUT2D eigenvalue weighted by atomic mass is 10.2. The van der Waals surface area contributed by atoms with Crippen molar-refractivity contribution >= 4 is 6.21 Å². The van der Waals surface area contributed by atoms with Crippen LogP contribution in [-0.4, -0.2) is 19.4 Å². The third kappa shape index (κ3) is 3.95. The van der Waals surface area contributed by atoms with Crippen LogP contribution in [-0.2, 0) is 0 Å². The van der Waals surface area contributed by atoms with E-state index in [4.69, 9.17) is 0 Å². The van der Waals surface area contributed by atoms with E-state index in [0.29, 0.717) is 5.57 Å². The van der Waals surface area contributed by atoms with Crippen LogP contribution in [0.25, 0.3) is 0 Å². The van der Waals surface area contributed by atoms with Crippen LogP contribution in [0.2, 0.25) is 0 Å². The molecule has 1 nitrogen and oxygen atoms in total. The van der Waals surface area contributed by atoms with Crippen molar-refractivity contribution in [3.05, 3.63) is 23.8 Å². The summed E-state index contributed by atoms with van der Waals surface area (Å²) in [5, 5.41) is 0. The predicted molar refractivity (Wildman–Crippen MR) is 43.4 cm³/mol. The summed E-state index contributed by atoms with van der Waals surface area (Å²) in [6, 6.07) is 0. The van der Waals surface area contributed by atoms with Crippen molar-refractivity contribution in [3.8, 4) is 0 Å². The summed E-state index contributed by atoms with van der Waals surface area (Å²) in [5.74, 6) is 0. The molecule has 0 bridgehead atoms. The van der Waals surface area contributed by atoms with Crippen molar-refractivity contribution in [1.29, 1.82) is 0 Å². The molecule has 0 heterocycles. The molecule has 0 rings (SSSR count). The Morgan fingerprint density at radius 1 is 1.42 bits per heavy atom. The second kappa shape index (κ2) is 4.09. The summed E-state index contributed by atoms with van der Waals surface area (Å²) in [6.45, 7) is 4.85. The number of aliphatic imine (C=N–C) groups is 1. The Morgan fingerprint density at radius 3 is 2.17 bits per heavy atom. The van der Waals surface area contributed by atoms with Gasteiger partial charge in [-0.1, -0.05) is 12.2 Å². The van der Waals surface area contributed by atoms with Crippen molar-refractivity contribution in [2.75, 3.05) is 7.05 Å². The van der Waals surface area contributed by atoms with Gasteiger partial charge in [-0.05, 0) is 13.0 Å². The highest BCUT2D eigenvalue weighted by Crippen LogP contribution is 2.24. The van der Waals surface area contributed by atoms with Crippen LogP contribution in [0, 0.1) is 0 Å². The van der Waals surface area contributed by atoms with Gasteiger partial charge in [0.2, 0.25) is 0 Å². The summed E-state index contributed by atoms with van der Waals surface area (Å²) < 4.78 is 36.2. The largest absolute Gasteiger partial charge is 0.417 e. The van der Waals surface area contributed by atoms with Crippen LogP contribution in [0.3, 0.4) is 0 Å². The Kier molecular flexibility index (Phi) is 3.73. The van der Waals surface area contributed by atoms with Gasteiger partial charge in [-0.25, -0.2) is 0 Å². The molecule has 0 aromatic rings. The first kappa shape index (κ1) is 10.9. The Labute approximate surface area is 69.3 Å². The Hall–Kier alpha value is -1.06. The van der Waals surface area contributed by atoms with Crippen molar-refractivity contribution in [2.45, 2.75) is 13.1 Å². The second-order valence-corrected chi connectivity index (χ2v) is 2.33. The fraction of sp³-hybridized carbons (Fsp3) is 0.375. The molecular formula is C8H10F3N. The smallest absolute Gasteiger partial charge is 0.296 e. The molecule has 0 atom stereocenters. The van der Waals surface area contributed by atoms with Gasteiger partial charge < -0.3 is 0 Å². The van der Waals surface area contributed by atoms with Crippen molar-refractivity contribution in [2.24, 2.45) is 4.99 Å². The first-order valence-corrected chi connectivity index (χ1v) is 3.24. The minimum atomic E-state index is -4.35. The predicted octanol–water partition coefficient (Wildman–Crippen LogP) is 2.75. The molecule has 0 aromatic heterocycles. The monoisotopic (exact) mass is 177 g/mol. The van der Waals surface area contributed by atoms with Crippen molar-refractivity contribution < 1.29 is 13.2 Å². The molecule has 0 fully saturated rings. The maximum atomic E-state index is 12.1. The Balaban J connectivity index is 4.80. The highest BCUT2D eigenvalue weighted by molar-refractivity contribution is 5.80. The first-order chi connectivity index (χ1) is 5.38. The minimum Gasteiger partial charge on any atom is -0.296 e. The number of alkyl halides is 3. The van der Waals surface area contributed by atoms with E-state index in [1.165, 1.54) is 14.0 Å². The Morgan fingerprint density at radius 2 is 1.92 bits per heavy atom. The number of nitrogens with zero attached hydrogens (tertiary/aromatic N) is 1. The molecule has 0 amide bonds. The summed E-state index contributed by atoms with van der Waals surface area (Å²) in [5.41, 5.74) is -0.431. The molecular weight excluding hydrogens is 167 g/mol. The van der Waals surface area contributed by atoms with Gasteiger partial charge in [0, 0.05) is 13.3 Å². The van der Waals surface area contributed by atoms with Gasteiger partial charge in [-0.3, -0.25) is 4.99 Å². The molecule has 0 N–H and O–H groups in total. The molecule has 68 valence electrons. The molecule has 4 heteroatoms. The van der Waals surface area contributed by atoms with Crippen molar-refractivity contribution in [1.82, 2.24) is 0 Å².